The van der Waals surface area contributed by atoms with Crippen molar-refractivity contribution in [1.29, 1.82) is 0 Å². The third-order valence-electron chi connectivity index (χ3n) is 5.94. The summed E-state index contributed by atoms with van der Waals surface area (Å²) in [4.78, 5) is 34.4. The van der Waals surface area contributed by atoms with E-state index < -0.39 is 26.8 Å². The zero-order valence-electron chi connectivity index (χ0n) is 20.8. The van der Waals surface area contributed by atoms with E-state index in [0.29, 0.717) is 27.2 Å². The van der Waals surface area contributed by atoms with Gasteiger partial charge < -0.3 is 15.1 Å². The molecule has 0 radical (unpaired) electrons. The number of fused-ring (bicyclic) bond motifs is 1. The van der Waals surface area contributed by atoms with E-state index in [0.717, 1.165) is 11.8 Å². The molecule has 0 aliphatic rings. The van der Waals surface area contributed by atoms with Crippen LogP contribution in [0.1, 0.15) is 32.2 Å². The Kier molecular flexibility index (Phi) is 7.57. The number of rotatable bonds is 7. The summed E-state index contributed by atoms with van der Waals surface area (Å²) >= 11 is 12.2. The number of anilines is 2. The van der Waals surface area contributed by atoms with Gasteiger partial charge in [0, 0.05) is 16.1 Å². The summed E-state index contributed by atoms with van der Waals surface area (Å²) in [5.74, 6) is -2.05. The minimum absolute atomic E-state index is 0.0547. The number of hydrogen-bond acceptors (Lipinski definition) is 7. The second-order valence-electron chi connectivity index (χ2n) is 8.76. The Morgan fingerprint density at radius 3 is 2.45 bits per heavy atom. The van der Waals surface area contributed by atoms with E-state index in [1.807, 2.05) is 0 Å². The number of furan rings is 1. The van der Waals surface area contributed by atoms with Crippen LogP contribution in [0.25, 0.3) is 11.0 Å². The highest BCUT2D eigenvalue weighted by molar-refractivity contribution is 7.90. The Labute approximate surface area is 239 Å². The lowest BCUT2D eigenvalue weighted by molar-refractivity contribution is 0.0999. The van der Waals surface area contributed by atoms with E-state index in [-0.39, 0.29) is 27.9 Å². The van der Waals surface area contributed by atoms with Gasteiger partial charge in [-0.25, -0.2) is 18.4 Å². The molecule has 12 heteroatoms. The van der Waals surface area contributed by atoms with Crippen LogP contribution in [0.3, 0.4) is 0 Å². The Balaban J connectivity index is 1.48. The van der Waals surface area contributed by atoms with Gasteiger partial charge in [-0.1, -0.05) is 65.7 Å². The Bertz CT molecular complexity index is 1890. The number of nitrogens with one attached hydrogen (secondary N) is 2. The van der Waals surface area contributed by atoms with E-state index in [1.165, 1.54) is 0 Å². The summed E-state index contributed by atoms with van der Waals surface area (Å²) in [6.45, 7) is 1.79. The minimum Gasteiger partial charge on any atom is -0.449 e. The van der Waals surface area contributed by atoms with Gasteiger partial charge in [0.25, 0.3) is 11.8 Å². The van der Waals surface area contributed by atoms with E-state index >= 15 is 0 Å². The highest BCUT2D eigenvalue weighted by Gasteiger charge is 2.27. The number of carbonyl (C=O) groups is 2. The van der Waals surface area contributed by atoms with Crippen molar-refractivity contribution in [2.45, 2.75) is 17.8 Å². The van der Waals surface area contributed by atoms with E-state index in [1.54, 1.807) is 79.7 Å². The quantitative estimate of drug-likeness (QED) is 0.211. The third kappa shape index (κ3) is 5.69. The molecule has 2 aromatic heterocycles. The van der Waals surface area contributed by atoms with Gasteiger partial charge in [0.1, 0.15) is 11.3 Å². The van der Waals surface area contributed by atoms with Gasteiger partial charge in [-0.05, 0) is 48.4 Å². The van der Waals surface area contributed by atoms with Crippen LogP contribution >= 0.6 is 23.2 Å². The minimum atomic E-state index is -4.02. The summed E-state index contributed by atoms with van der Waals surface area (Å²) < 4.78 is 32.0. The number of benzene rings is 3. The maximum atomic E-state index is 13.4. The molecule has 5 aromatic rings. The molecule has 2 amide bonds. The molecule has 0 saturated heterocycles. The smallest absolute Gasteiger partial charge is 0.293 e. The fraction of sp³-hybridized carbons (Fsp3) is 0.0714. The number of aryl methyl sites for hydroxylation is 1. The lowest BCUT2D eigenvalue weighted by atomic mass is 10.1. The fourth-order valence-corrected chi connectivity index (χ4v) is 5.63. The first-order valence-electron chi connectivity index (χ1n) is 11.8. The van der Waals surface area contributed by atoms with Crippen LogP contribution in [-0.2, 0) is 15.6 Å². The molecular formula is C28H20Cl2N4O5S. The summed E-state index contributed by atoms with van der Waals surface area (Å²) in [6, 6.07) is 20.3. The summed E-state index contributed by atoms with van der Waals surface area (Å²) in [5, 5.41) is 5.42. The molecule has 0 aliphatic carbocycles. The summed E-state index contributed by atoms with van der Waals surface area (Å²) in [6.07, 6.45) is 1.05. The van der Waals surface area contributed by atoms with Gasteiger partial charge in [0.15, 0.2) is 5.69 Å². The highest BCUT2D eigenvalue weighted by atomic mass is 35.5. The van der Waals surface area contributed by atoms with E-state index in [4.69, 9.17) is 27.6 Å². The van der Waals surface area contributed by atoms with Gasteiger partial charge in [0.05, 0.1) is 17.0 Å². The van der Waals surface area contributed by atoms with Crippen LogP contribution in [0, 0.1) is 6.92 Å². The molecule has 0 unspecified atom stereocenters. The first kappa shape index (κ1) is 27.3. The third-order valence-corrected chi connectivity index (χ3v) is 7.90. The Morgan fingerprint density at radius 2 is 1.68 bits per heavy atom. The van der Waals surface area contributed by atoms with Crippen LogP contribution in [0.4, 0.5) is 11.4 Å². The summed E-state index contributed by atoms with van der Waals surface area (Å²) in [7, 11) is -4.02. The second-order valence-corrected chi connectivity index (χ2v) is 11.5. The van der Waals surface area contributed by atoms with Crippen LogP contribution in [0.5, 0.6) is 0 Å². The average molecular weight is 595 g/mol. The van der Waals surface area contributed by atoms with Crippen LogP contribution in [0.2, 0.25) is 10.0 Å². The summed E-state index contributed by atoms with van der Waals surface area (Å²) in [5.41, 5.74) is 1.79. The zero-order chi connectivity index (χ0) is 28.4. The maximum absolute atomic E-state index is 13.4. The van der Waals surface area contributed by atoms with Crippen molar-refractivity contribution in [3.8, 4) is 0 Å². The molecule has 40 heavy (non-hydrogen) atoms. The van der Waals surface area contributed by atoms with Crippen molar-refractivity contribution in [3.63, 3.8) is 0 Å². The van der Waals surface area contributed by atoms with Crippen molar-refractivity contribution >= 4 is 67.2 Å². The van der Waals surface area contributed by atoms with Crippen LogP contribution in [0.15, 0.2) is 88.6 Å². The number of hydrogen-bond donors (Lipinski definition) is 2. The van der Waals surface area contributed by atoms with Gasteiger partial charge >= 0.3 is 0 Å². The fourth-order valence-electron chi connectivity index (χ4n) is 3.96. The zero-order valence-corrected chi connectivity index (χ0v) is 23.1. The molecule has 0 bridgehead atoms. The maximum Gasteiger partial charge on any atom is 0.293 e. The molecule has 0 atom stereocenters. The number of para-hydroxylation sites is 1. The van der Waals surface area contributed by atoms with Crippen LogP contribution < -0.4 is 10.6 Å². The lowest BCUT2D eigenvalue weighted by Gasteiger charge is -2.10. The monoisotopic (exact) mass is 594 g/mol. The lowest BCUT2D eigenvalue weighted by Crippen LogP contribution is -2.20. The number of sulfone groups is 1. The molecule has 2 N–H and O–H groups in total. The van der Waals surface area contributed by atoms with Crippen molar-refractivity contribution in [3.05, 3.63) is 112 Å². The molecular weight excluding hydrogens is 575 g/mol. The van der Waals surface area contributed by atoms with Gasteiger partial charge in [-0.15, -0.1) is 0 Å². The van der Waals surface area contributed by atoms with Crippen LogP contribution in [-0.4, -0.2) is 30.2 Å². The van der Waals surface area contributed by atoms with Crippen molar-refractivity contribution in [2.75, 3.05) is 10.6 Å². The molecule has 3 aromatic carbocycles. The first-order valence-corrected chi connectivity index (χ1v) is 14.2. The predicted molar refractivity (Wildman–Crippen MR) is 153 cm³/mol. The van der Waals surface area contributed by atoms with Gasteiger partial charge in [-0.2, -0.15) is 0 Å². The number of nitrogens with zero attached hydrogens (tertiary/aromatic N) is 2. The molecule has 2 heterocycles. The molecule has 9 nitrogen and oxygen atoms in total. The Morgan fingerprint density at radius 1 is 0.925 bits per heavy atom. The highest BCUT2D eigenvalue weighted by Crippen LogP contribution is 2.32. The average Bonchev–Trinajstić information content (AvgIpc) is 3.28. The number of halogens is 2. The van der Waals surface area contributed by atoms with Gasteiger partial charge in [-0.3, -0.25) is 9.59 Å². The standard InChI is InChI=1S/C28H20Cl2N4O5S/c1-16-7-2-3-8-17(16)15-40(37,38)28-31-14-21(30)24(34-28)26(35)33-23-20-11-4-5-12-22(20)39-25(23)27(36)32-19-10-6-9-18(29)13-19/h2-14H,15H2,1H3,(H,32,36)(H,33,35). The molecule has 0 spiro atoms. The Hall–Kier alpha value is -4.25. The van der Waals surface area contributed by atoms with Crippen molar-refractivity contribution in [1.82, 2.24) is 9.97 Å². The van der Waals surface area contributed by atoms with Gasteiger partial charge in [0.2, 0.25) is 20.8 Å². The van der Waals surface area contributed by atoms with E-state index in [9.17, 15) is 18.0 Å². The number of amides is 2. The molecule has 0 fully saturated rings. The number of carbonyl (C=O) groups excluding carboxylic acids is 2. The normalized spacial score (nSPS) is 11.4. The largest absolute Gasteiger partial charge is 0.449 e. The number of aromatic nitrogens is 2. The molecule has 0 saturated carbocycles. The molecule has 0 aliphatic heterocycles. The molecule has 5 rings (SSSR count). The predicted octanol–water partition coefficient (Wildman–Crippen LogP) is 6.32. The molecule has 202 valence electrons. The van der Waals surface area contributed by atoms with Crippen molar-refractivity contribution in [2.24, 2.45) is 0 Å². The topological polar surface area (TPSA) is 131 Å². The van der Waals surface area contributed by atoms with E-state index in [2.05, 4.69) is 20.6 Å². The SMILES string of the molecule is Cc1ccccc1CS(=O)(=O)c1ncc(Cl)c(C(=O)Nc2c(C(=O)Nc3cccc(Cl)c3)oc3ccccc23)n1. The first-order chi connectivity index (χ1) is 19.1. The van der Waals surface area contributed by atoms with Crippen molar-refractivity contribution < 1.29 is 22.4 Å². The second kappa shape index (κ2) is 11.1.